The molecule has 2 rings (SSSR count). The number of hydrogen-bond acceptors (Lipinski definition) is 4. The number of anilines is 1. The second kappa shape index (κ2) is 3.79. The van der Waals surface area contributed by atoms with Gasteiger partial charge in [0.2, 0.25) is 0 Å². The van der Waals surface area contributed by atoms with Crippen LogP contribution in [0.3, 0.4) is 0 Å². The van der Waals surface area contributed by atoms with Gasteiger partial charge in [-0.1, -0.05) is 0 Å². The second-order valence-electron chi connectivity index (χ2n) is 2.69. The zero-order chi connectivity index (χ0) is 9.10. The van der Waals surface area contributed by atoms with Crippen LogP contribution in [0.25, 0.3) is 0 Å². The van der Waals surface area contributed by atoms with Crippen LogP contribution in [0.1, 0.15) is 0 Å². The predicted octanol–water partition coefficient (Wildman–Crippen LogP) is 1.76. The van der Waals surface area contributed by atoms with Crippen LogP contribution in [0.4, 0.5) is 5.69 Å². The molecule has 1 aliphatic heterocycles. The minimum absolute atomic E-state index is 0.611. The molecule has 0 fully saturated rings. The molecular weight excluding hydrogens is 186 g/mol. The molecule has 1 N–H and O–H groups in total. The van der Waals surface area contributed by atoms with Gasteiger partial charge in [0.1, 0.15) is 13.2 Å². The molecule has 0 aromatic heterocycles. The molecule has 3 nitrogen and oxygen atoms in total. The third-order valence-electron chi connectivity index (χ3n) is 1.83. The van der Waals surface area contributed by atoms with Gasteiger partial charge in [0.05, 0.1) is 5.88 Å². The fourth-order valence-corrected chi connectivity index (χ4v) is 1.43. The summed E-state index contributed by atoms with van der Waals surface area (Å²) in [6.45, 7) is 1.25. The van der Waals surface area contributed by atoms with Crippen molar-refractivity contribution < 1.29 is 9.47 Å². The van der Waals surface area contributed by atoms with Gasteiger partial charge in [-0.05, 0) is 12.1 Å². The Morgan fingerprint density at radius 2 is 2.00 bits per heavy atom. The van der Waals surface area contributed by atoms with E-state index >= 15 is 0 Å². The van der Waals surface area contributed by atoms with Crippen molar-refractivity contribution in [2.24, 2.45) is 0 Å². The van der Waals surface area contributed by atoms with Gasteiger partial charge in [-0.3, -0.25) is 0 Å². The molecule has 13 heavy (non-hydrogen) atoms. The smallest absolute Gasteiger partial charge is 0.163 e. The van der Waals surface area contributed by atoms with Gasteiger partial charge in [-0.15, -0.1) is 0 Å². The van der Waals surface area contributed by atoms with E-state index in [4.69, 9.17) is 9.47 Å². The summed E-state index contributed by atoms with van der Waals surface area (Å²) in [7, 11) is 0. The summed E-state index contributed by atoms with van der Waals surface area (Å²) in [6, 6.07) is 5.77. The Morgan fingerprint density at radius 1 is 1.23 bits per heavy atom. The molecule has 0 amide bonds. The van der Waals surface area contributed by atoms with Crippen LogP contribution in [-0.2, 0) is 0 Å². The van der Waals surface area contributed by atoms with Crippen molar-refractivity contribution in [3.63, 3.8) is 0 Å². The maximum Gasteiger partial charge on any atom is 0.163 e. The molecule has 1 heterocycles. The molecule has 0 spiro atoms. The first kappa shape index (κ1) is 8.56. The van der Waals surface area contributed by atoms with E-state index in [1.165, 1.54) is 0 Å². The van der Waals surface area contributed by atoms with E-state index in [9.17, 15) is 0 Å². The van der Waals surface area contributed by atoms with Crippen molar-refractivity contribution in [1.29, 1.82) is 0 Å². The summed E-state index contributed by atoms with van der Waals surface area (Å²) in [4.78, 5) is 0. The van der Waals surface area contributed by atoms with E-state index in [1.807, 2.05) is 18.2 Å². The lowest BCUT2D eigenvalue weighted by Gasteiger charge is -2.18. The predicted molar refractivity (Wildman–Crippen MR) is 54.9 cm³/mol. The lowest BCUT2D eigenvalue weighted by atomic mass is 10.2. The highest BCUT2D eigenvalue weighted by Crippen LogP contribution is 2.32. The molecule has 0 bridgehead atoms. The van der Waals surface area contributed by atoms with E-state index in [2.05, 4.69) is 17.9 Å². The van der Waals surface area contributed by atoms with E-state index in [-0.39, 0.29) is 0 Å². The van der Waals surface area contributed by atoms with Crippen LogP contribution < -0.4 is 14.8 Å². The molecule has 70 valence electrons. The third kappa shape index (κ3) is 1.83. The lowest BCUT2D eigenvalue weighted by Crippen LogP contribution is -2.15. The van der Waals surface area contributed by atoms with Crippen molar-refractivity contribution in [3.8, 4) is 11.5 Å². The van der Waals surface area contributed by atoms with Gasteiger partial charge < -0.3 is 14.8 Å². The first-order valence-corrected chi connectivity index (χ1v) is 4.78. The van der Waals surface area contributed by atoms with E-state index in [1.54, 1.807) is 0 Å². The van der Waals surface area contributed by atoms with Crippen LogP contribution in [0.5, 0.6) is 11.5 Å². The van der Waals surface area contributed by atoms with Crippen molar-refractivity contribution >= 4 is 18.3 Å². The molecule has 0 saturated carbocycles. The number of hydrogen-bond donors (Lipinski definition) is 2. The zero-order valence-electron chi connectivity index (χ0n) is 7.12. The molecular formula is C9H11NO2S. The van der Waals surface area contributed by atoms with Gasteiger partial charge in [-0.2, -0.15) is 12.6 Å². The fraction of sp³-hybridized carbons (Fsp3) is 0.333. The van der Waals surface area contributed by atoms with Gasteiger partial charge in [0, 0.05) is 11.8 Å². The zero-order valence-corrected chi connectivity index (χ0v) is 8.01. The normalized spacial score (nSPS) is 13.9. The highest BCUT2D eigenvalue weighted by Gasteiger charge is 2.10. The standard InChI is InChI=1S/C9H11NO2S/c13-6-10-7-1-2-8-9(5-7)12-4-3-11-8/h1-2,5,10,13H,3-4,6H2. The molecule has 1 aromatic carbocycles. The van der Waals surface area contributed by atoms with Crippen LogP contribution in [0.15, 0.2) is 18.2 Å². The van der Waals surface area contributed by atoms with Gasteiger partial charge >= 0.3 is 0 Å². The Bertz CT molecular complexity index is 304. The number of thiol groups is 1. The van der Waals surface area contributed by atoms with E-state index < -0.39 is 0 Å². The van der Waals surface area contributed by atoms with Gasteiger partial charge in [-0.25, -0.2) is 0 Å². The summed E-state index contributed by atoms with van der Waals surface area (Å²) >= 11 is 4.08. The quantitative estimate of drug-likeness (QED) is 0.559. The third-order valence-corrected chi connectivity index (χ3v) is 1.98. The highest BCUT2D eigenvalue weighted by atomic mass is 32.1. The van der Waals surface area contributed by atoms with Crippen molar-refractivity contribution in [3.05, 3.63) is 18.2 Å². The topological polar surface area (TPSA) is 30.5 Å². The van der Waals surface area contributed by atoms with E-state index in [0.717, 1.165) is 17.2 Å². The second-order valence-corrected chi connectivity index (χ2v) is 3.01. The average molecular weight is 197 g/mol. The summed E-state index contributed by atoms with van der Waals surface area (Å²) < 4.78 is 10.8. The minimum Gasteiger partial charge on any atom is -0.486 e. The Balaban J connectivity index is 2.24. The van der Waals surface area contributed by atoms with E-state index in [0.29, 0.717) is 19.1 Å². The number of ether oxygens (including phenoxy) is 2. The SMILES string of the molecule is SCNc1ccc2c(c1)OCCO2. The maximum atomic E-state index is 5.42. The van der Waals surface area contributed by atoms with Crippen molar-refractivity contribution in [2.75, 3.05) is 24.4 Å². The van der Waals surface area contributed by atoms with Crippen LogP contribution in [0, 0.1) is 0 Å². The highest BCUT2D eigenvalue weighted by molar-refractivity contribution is 7.80. The Labute approximate surface area is 82.5 Å². The molecule has 0 unspecified atom stereocenters. The number of fused-ring (bicyclic) bond motifs is 1. The first-order valence-electron chi connectivity index (χ1n) is 4.14. The average Bonchev–Trinajstić information content (AvgIpc) is 2.18. The lowest BCUT2D eigenvalue weighted by molar-refractivity contribution is 0.171. The molecule has 1 aliphatic rings. The van der Waals surface area contributed by atoms with Crippen molar-refractivity contribution in [2.45, 2.75) is 0 Å². The van der Waals surface area contributed by atoms with Crippen molar-refractivity contribution in [1.82, 2.24) is 0 Å². The number of rotatable bonds is 2. The Morgan fingerprint density at radius 3 is 2.77 bits per heavy atom. The monoisotopic (exact) mass is 197 g/mol. The maximum absolute atomic E-state index is 5.42. The van der Waals surface area contributed by atoms with Gasteiger partial charge in [0.25, 0.3) is 0 Å². The van der Waals surface area contributed by atoms with Crippen LogP contribution >= 0.6 is 12.6 Å². The summed E-state index contributed by atoms with van der Waals surface area (Å²) in [6.07, 6.45) is 0. The van der Waals surface area contributed by atoms with Crippen LogP contribution in [-0.4, -0.2) is 19.1 Å². The fourth-order valence-electron chi connectivity index (χ4n) is 1.24. The summed E-state index contributed by atoms with van der Waals surface area (Å²) in [5.74, 6) is 2.23. The Kier molecular flexibility index (Phi) is 2.49. The molecule has 0 atom stereocenters. The Hall–Kier alpha value is -1.03. The van der Waals surface area contributed by atoms with Crippen LogP contribution in [0.2, 0.25) is 0 Å². The number of nitrogens with one attached hydrogen (secondary N) is 1. The molecule has 1 aromatic rings. The van der Waals surface area contributed by atoms with Gasteiger partial charge in [0.15, 0.2) is 11.5 Å². The minimum atomic E-state index is 0.611. The molecule has 0 aliphatic carbocycles. The molecule has 0 saturated heterocycles. The molecule has 4 heteroatoms. The molecule has 0 radical (unpaired) electrons. The summed E-state index contributed by atoms with van der Waals surface area (Å²) in [5, 5.41) is 3.09. The first-order chi connectivity index (χ1) is 6.40. The number of benzene rings is 1. The summed E-state index contributed by atoms with van der Waals surface area (Å²) in [5.41, 5.74) is 0.999. The largest absolute Gasteiger partial charge is 0.486 e.